The van der Waals surface area contributed by atoms with Gasteiger partial charge < -0.3 is 9.64 Å². The average Bonchev–Trinajstić information content (AvgIpc) is 3.35. The highest BCUT2D eigenvalue weighted by Gasteiger charge is 2.25. The van der Waals surface area contributed by atoms with Crippen LogP contribution in [0.15, 0.2) is 58.5 Å². The Bertz CT molecular complexity index is 1570. The van der Waals surface area contributed by atoms with Crippen molar-refractivity contribution in [3.05, 3.63) is 76.3 Å². The first-order valence-electron chi connectivity index (χ1n) is 11.8. The summed E-state index contributed by atoms with van der Waals surface area (Å²) >= 11 is 7.32. The Labute approximate surface area is 246 Å². The van der Waals surface area contributed by atoms with Crippen LogP contribution in [-0.4, -0.2) is 64.8 Å². The number of benzene rings is 1. The van der Waals surface area contributed by atoms with Crippen molar-refractivity contribution >= 4 is 56.5 Å². The minimum absolute atomic E-state index is 0.0357. The molecule has 4 rings (SSSR count). The molecule has 0 radical (unpaired) electrons. The summed E-state index contributed by atoms with van der Waals surface area (Å²) in [6.07, 6.45) is 3.57. The first kappa shape index (κ1) is 31.3. The maximum atomic E-state index is 12.4. The smallest absolute Gasteiger partial charge is 0.339 e. The van der Waals surface area contributed by atoms with Gasteiger partial charge in [0.2, 0.25) is 12.1 Å². The predicted octanol–water partition coefficient (Wildman–Crippen LogP) is 3.51. The number of ether oxygens (including phenoxy) is 1. The third-order valence-corrected chi connectivity index (χ3v) is 7.79. The molecule has 3 heterocycles. The van der Waals surface area contributed by atoms with Crippen LogP contribution in [0.1, 0.15) is 27.3 Å². The number of rotatable bonds is 6. The number of methoxy groups -OCH3 is 1. The Balaban J connectivity index is 0.000000248. The number of carbonyl (C=O) groups excluding carboxylic acids is 2. The molecule has 2 N–H and O–H groups in total. The largest absolute Gasteiger partial charge is 0.465 e. The molecule has 214 valence electrons. The Hall–Kier alpha value is -4.26. The van der Waals surface area contributed by atoms with Gasteiger partial charge in [-0.25, -0.2) is 37.7 Å². The van der Waals surface area contributed by atoms with Crippen molar-refractivity contribution in [3.63, 3.8) is 0 Å². The van der Waals surface area contributed by atoms with Crippen LogP contribution in [-0.2, 0) is 21.3 Å². The van der Waals surface area contributed by atoms with Crippen molar-refractivity contribution in [2.75, 3.05) is 24.7 Å². The lowest BCUT2D eigenvalue weighted by atomic mass is 10.2. The van der Waals surface area contributed by atoms with E-state index in [1.807, 2.05) is 17.0 Å². The zero-order valence-electron chi connectivity index (χ0n) is 22.2. The molecule has 41 heavy (non-hydrogen) atoms. The minimum atomic E-state index is -4.30. The highest BCUT2D eigenvalue weighted by atomic mass is 35.5. The summed E-state index contributed by atoms with van der Waals surface area (Å²) < 4.78 is 31.1. The summed E-state index contributed by atoms with van der Waals surface area (Å²) in [4.78, 5) is 41.1. The Kier molecular flexibility index (Phi) is 11.0. The number of hydrogen-bond donors (Lipinski definition) is 2. The number of aliphatic imine (C=N–C) groups is 1. The monoisotopic (exact) mass is 616 g/mol. The van der Waals surface area contributed by atoms with Crippen LogP contribution in [0.4, 0.5) is 10.7 Å². The maximum absolute atomic E-state index is 12.4. The molecule has 13 nitrogen and oxygen atoms in total. The van der Waals surface area contributed by atoms with Gasteiger partial charge in [-0.3, -0.25) is 5.32 Å². The molecule has 0 aliphatic carbocycles. The number of aryl methyl sites for hydroxylation is 2. The molecule has 0 atom stereocenters. The molecule has 1 fully saturated rings. The number of amidine groups is 1. The SMILES string of the molecule is COC(=O)c1ccccc1S(=O)(=O)NC(=O)Nc1nc(C)cc(C)n1.N#CN=C1SCCN1Cc1ccc(Cl)nc1. The van der Waals surface area contributed by atoms with Crippen LogP contribution >= 0.6 is 23.4 Å². The van der Waals surface area contributed by atoms with E-state index in [4.69, 9.17) is 16.9 Å². The fourth-order valence-corrected chi connectivity index (χ4v) is 5.67. The lowest BCUT2D eigenvalue weighted by molar-refractivity contribution is 0.0596. The van der Waals surface area contributed by atoms with Crippen LogP contribution in [0.5, 0.6) is 0 Å². The van der Waals surface area contributed by atoms with Gasteiger partial charge in [-0.1, -0.05) is 41.6 Å². The Morgan fingerprint density at radius 2 is 1.90 bits per heavy atom. The number of nitriles is 1. The predicted molar refractivity (Wildman–Crippen MR) is 154 cm³/mol. The Morgan fingerprint density at radius 1 is 1.20 bits per heavy atom. The second kappa shape index (κ2) is 14.4. The van der Waals surface area contributed by atoms with Gasteiger partial charge in [-0.15, -0.1) is 4.99 Å². The van der Waals surface area contributed by atoms with E-state index in [-0.39, 0.29) is 16.4 Å². The van der Waals surface area contributed by atoms with Gasteiger partial charge >= 0.3 is 12.0 Å². The molecule has 0 saturated carbocycles. The summed E-state index contributed by atoms with van der Waals surface area (Å²) in [5, 5.41) is 12.1. The minimum Gasteiger partial charge on any atom is -0.465 e. The highest BCUT2D eigenvalue weighted by Crippen LogP contribution is 2.20. The van der Waals surface area contributed by atoms with Crippen LogP contribution in [0.25, 0.3) is 0 Å². The number of hydrogen-bond acceptors (Lipinski definition) is 11. The first-order chi connectivity index (χ1) is 19.5. The van der Waals surface area contributed by atoms with E-state index in [9.17, 15) is 18.0 Å². The number of aromatic nitrogens is 3. The number of esters is 1. The number of anilines is 1. The molecule has 1 saturated heterocycles. The number of sulfonamides is 1. The van der Waals surface area contributed by atoms with Crippen LogP contribution in [0.2, 0.25) is 5.15 Å². The first-order valence-corrected chi connectivity index (χ1v) is 14.7. The fourth-order valence-electron chi connectivity index (χ4n) is 3.51. The fraction of sp³-hybridized carbons (Fsp3) is 0.240. The van der Waals surface area contributed by atoms with Crippen molar-refractivity contribution in [3.8, 4) is 6.19 Å². The van der Waals surface area contributed by atoms with Gasteiger partial charge in [0.05, 0.1) is 12.7 Å². The molecule has 0 spiro atoms. The average molecular weight is 617 g/mol. The zero-order chi connectivity index (χ0) is 30.0. The third-order valence-electron chi connectivity index (χ3n) is 5.19. The molecule has 0 unspecified atom stereocenters. The van der Waals surface area contributed by atoms with Crippen molar-refractivity contribution in [2.24, 2.45) is 4.99 Å². The van der Waals surface area contributed by atoms with Gasteiger partial charge in [0.15, 0.2) is 5.17 Å². The highest BCUT2D eigenvalue weighted by molar-refractivity contribution is 8.14. The van der Waals surface area contributed by atoms with Crippen molar-refractivity contribution in [2.45, 2.75) is 25.3 Å². The third kappa shape index (κ3) is 9.13. The quantitative estimate of drug-likeness (QED) is 0.235. The summed E-state index contributed by atoms with van der Waals surface area (Å²) in [6.45, 7) is 5.05. The molecule has 1 aliphatic heterocycles. The standard InChI is InChI=1S/C15H16N4O5S.C10H9ClN4S/c1-9-8-10(2)17-14(16-9)18-15(21)19-25(22,23)12-7-5-4-6-11(12)13(20)24-3;11-9-2-1-8(5-13-9)6-15-3-4-16-10(15)14-7-12/h4-8H,1-3H3,(H2,16,17,18,19,21);1-2,5H,3-4,6H2. The van der Waals surface area contributed by atoms with Gasteiger partial charge in [-0.05, 0) is 43.7 Å². The van der Waals surface area contributed by atoms with Crippen molar-refractivity contribution < 1.29 is 22.7 Å². The molecular formula is C25H25ClN8O5S2. The molecular weight excluding hydrogens is 592 g/mol. The topological polar surface area (TPSA) is 180 Å². The molecule has 2 amide bonds. The molecule has 2 aromatic heterocycles. The van der Waals surface area contributed by atoms with Crippen molar-refractivity contribution in [1.29, 1.82) is 5.26 Å². The van der Waals surface area contributed by atoms with Crippen LogP contribution in [0.3, 0.4) is 0 Å². The summed E-state index contributed by atoms with van der Waals surface area (Å²) in [5.41, 5.74) is 2.11. The van der Waals surface area contributed by atoms with Crippen molar-refractivity contribution in [1.82, 2.24) is 24.6 Å². The molecule has 1 aliphatic rings. The van der Waals surface area contributed by atoms with E-state index in [2.05, 4.69) is 34.9 Å². The van der Waals surface area contributed by atoms with Crippen LogP contribution < -0.4 is 10.0 Å². The number of carbonyl (C=O) groups is 2. The second-order valence-corrected chi connectivity index (χ2v) is 11.4. The second-order valence-electron chi connectivity index (χ2n) is 8.28. The number of pyridine rings is 1. The summed E-state index contributed by atoms with van der Waals surface area (Å²) in [5.74, 6) is 0.104. The van der Waals surface area contributed by atoms with Crippen LogP contribution in [0, 0.1) is 25.3 Å². The lowest BCUT2D eigenvalue weighted by Crippen LogP contribution is -2.35. The number of nitrogens with one attached hydrogen (secondary N) is 2. The summed E-state index contributed by atoms with van der Waals surface area (Å²) in [6, 6.07) is 9.72. The van der Waals surface area contributed by atoms with E-state index in [0.29, 0.717) is 16.5 Å². The Morgan fingerprint density at radius 3 is 2.54 bits per heavy atom. The molecule has 1 aromatic carbocycles. The van der Waals surface area contributed by atoms with Gasteiger partial charge in [-0.2, -0.15) is 5.26 Å². The number of halogens is 1. The molecule has 16 heteroatoms. The van der Waals surface area contributed by atoms with Gasteiger partial charge in [0.25, 0.3) is 10.0 Å². The van der Waals surface area contributed by atoms with E-state index >= 15 is 0 Å². The normalized spacial score (nSPS) is 13.5. The van der Waals surface area contributed by atoms with Gasteiger partial charge in [0.1, 0.15) is 10.0 Å². The maximum Gasteiger partial charge on any atom is 0.339 e. The van der Waals surface area contributed by atoms with E-state index in [0.717, 1.165) is 36.7 Å². The number of nitrogens with zero attached hydrogens (tertiary/aromatic N) is 6. The molecule has 0 bridgehead atoms. The van der Waals surface area contributed by atoms with E-state index in [1.165, 1.54) is 24.3 Å². The van der Waals surface area contributed by atoms with E-state index < -0.39 is 22.0 Å². The summed E-state index contributed by atoms with van der Waals surface area (Å²) in [7, 11) is -3.18. The van der Waals surface area contributed by atoms with E-state index in [1.54, 1.807) is 43.9 Å². The number of thioether (sulfide) groups is 1. The van der Waals surface area contributed by atoms with Gasteiger partial charge in [0, 0.05) is 36.4 Å². The number of amides is 2. The number of urea groups is 1. The lowest BCUT2D eigenvalue weighted by Gasteiger charge is -2.16. The molecule has 3 aromatic rings. The zero-order valence-corrected chi connectivity index (χ0v) is 24.5.